The molecule has 3 heterocycles. The molecule has 22 heavy (non-hydrogen) atoms. The maximum atomic E-state index is 4.78. The minimum Gasteiger partial charge on any atom is -0.333 e. The van der Waals surface area contributed by atoms with E-state index in [1.807, 2.05) is 19.2 Å². The van der Waals surface area contributed by atoms with Crippen molar-refractivity contribution in [2.75, 3.05) is 0 Å². The molecule has 0 fully saturated rings. The lowest BCUT2D eigenvalue weighted by atomic mass is 10.3. The maximum absolute atomic E-state index is 4.78. The number of nitrogens with one attached hydrogen (secondary N) is 1. The standard InChI is InChI=1S/C16H18N6/c1-3-4-9-22-13-8-6-5-7-11(13)19-16(22)14-18-12-10-17-21(2)15(12)20-14/h5-8,10H,3-4,9H2,1-2H3,(H,18,20). The summed E-state index contributed by atoms with van der Waals surface area (Å²) in [4.78, 5) is 12.8. The van der Waals surface area contributed by atoms with Crippen molar-refractivity contribution in [2.24, 2.45) is 7.05 Å². The van der Waals surface area contributed by atoms with Crippen LogP contribution in [-0.2, 0) is 13.6 Å². The van der Waals surface area contributed by atoms with E-state index >= 15 is 0 Å². The summed E-state index contributed by atoms with van der Waals surface area (Å²) in [6, 6.07) is 8.24. The Balaban J connectivity index is 1.92. The number of nitrogens with zero attached hydrogens (tertiary/aromatic N) is 5. The number of benzene rings is 1. The first-order valence-electron chi connectivity index (χ1n) is 7.61. The van der Waals surface area contributed by atoms with E-state index in [9.17, 15) is 0 Å². The number of aromatic amines is 1. The highest BCUT2D eigenvalue weighted by atomic mass is 15.3. The van der Waals surface area contributed by atoms with Crippen LogP contribution in [0.2, 0.25) is 0 Å². The summed E-state index contributed by atoms with van der Waals surface area (Å²) in [6.45, 7) is 3.15. The van der Waals surface area contributed by atoms with Crippen molar-refractivity contribution < 1.29 is 0 Å². The average Bonchev–Trinajstić information content (AvgIpc) is 3.19. The van der Waals surface area contributed by atoms with Crippen LogP contribution in [-0.4, -0.2) is 29.3 Å². The molecule has 0 atom stereocenters. The Morgan fingerprint density at radius 2 is 2.05 bits per heavy atom. The van der Waals surface area contributed by atoms with Crippen LogP contribution in [0.3, 0.4) is 0 Å². The Labute approximate surface area is 127 Å². The molecule has 1 N–H and O–H groups in total. The molecule has 0 spiro atoms. The van der Waals surface area contributed by atoms with Crippen LogP contribution in [0.1, 0.15) is 19.8 Å². The first kappa shape index (κ1) is 13.1. The van der Waals surface area contributed by atoms with E-state index in [-0.39, 0.29) is 0 Å². The molecule has 0 aliphatic rings. The van der Waals surface area contributed by atoms with Crippen molar-refractivity contribution in [3.63, 3.8) is 0 Å². The second kappa shape index (κ2) is 4.98. The van der Waals surface area contributed by atoms with Gasteiger partial charge in [-0.15, -0.1) is 0 Å². The Kier molecular flexibility index (Phi) is 2.96. The smallest absolute Gasteiger partial charge is 0.177 e. The highest BCUT2D eigenvalue weighted by Crippen LogP contribution is 2.25. The zero-order chi connectivity index (χ0) is 15.1. The fraction of sp³-hybridized carbons (Fsp3) is 0.312. The van der Waals surface area contributed by atoms with Crippen LogP contribution in [0, 0.1) is 0 Å². The van der Waals surface area contributed by atoms with E-state index in [0.717, 1.165) is 53.2 Å². The molecule has 4 aromatic rings. The molecular formula is C16H18N6. The van der Waals surface area contributed by atoms with Crippen LogP contribution in [0.15, 0.2) is 30.5 Å². The zero-order valence-corrected chi connectivity index (χ0v) is 12.7. The van der Waals surface area contributed by atoms with E-state index in [4.69, 9.17) is 4.98 Å². The number of rotatable bonds is 4. The van der Waals surface area contributed by atoms with Crippen LogP contribution in [0.5, 0.6) is 0 Å². The zero-order valence-electron chi connectivity index (χ0n) is 12.7. The summed E-state index contributed by atoms with van der Waals surface area (Å²) in [5.41, 5.74) is 3.95. The third-order valence-electron chi connectivity index (χ3n) is 3.98. The van der Waals surface area contributed by atoms with Crippen LogP contribution >= 0.6 is 0 Å². The molecule has 6 nitrogen and oxygen atoms in total. The number of aromatic nitrogens is 6. The number of aryl methyl sites for hydroxylation is 2. The summed E-state index contributed by atoms with van der Waals surface area (Å²) in [6.07, 6.45) is 4.07. The summed E-state index contributed by atoms with van der Waals surface area (Å²) in [5, 5.41) is 4.20. The summed E-state index contributed by atoms with van der Waals surface area (Å²) < 4.78 is 4.03. The SMILES string of the molecule is CCCCn1c(-c2nc3c(cnn3C)[nH]2)nc2ccccc21. The van der Waals surface area contributed by atoms with E-state index in [2.05, 4.69) is 38.7 Å². The molecule has 112 valence electrons. The summed E-state index contributed by atoms with van der Waals surface area (Å²) in [7, 11) is 1.90. The van der Waals surface area contributed by atoms with Crippen LogP contribution in [0.4, 0.5) is 0 Å². The van der Waals surface area contributed by atoms with Gasteiger partial charge >= 0.3 is 0 Å². The lowest BCUT2D eigenvalue weighted by Gasteiger charge is -2.06. The Bertz CT molecular complexity index is 942. The second-order valence-electron chi connectivity index (χ2n) is 5.52. The third kappa shape index (κ3) is 1.91. The quantitative estimate of drug-likeness (QED) is 0.629. The molecular weight excluding hydrogens is 276 g/mol. The topological polar surface area (TPSA) is 64.3 Å². The first-order valence-corrected chi connectivity index (χ1v) is 7.61. The van der Waals surface area contributed by atoms with E-state index in [0.29, 0.717) is 0 Å². The summed E-state index contributed by atoms with van der Waals surface area (Å²) in [5.74, 6) is 1.70. The van der Waals surface area contributed by atoms with E-state index in [1.54, 1.807) is 10.9 Å². The van der Waals surface area contributed by atoms with Crippen molar-refractivity contribution in [3.8, 4) is 11.6 Å². The van der Waals surface area contributed by atoms with E-state index < -0.39 is 0 Å². The molecule has 0 saturated heterocycles. The predicted molar refractivity (Wildman–Crippen MR) is 86.5 cm³/mol. The molecule has 0 unspecified atom stereocenters. The van der Waals surface area contributed by atoms with Gasteiger partial charge in [-0.25, -0.2) is 14.6 Å². The van der Waals surface area contributed by atoms with Crippen molar-refractivity contribution in [2.45, 2.75) is 26.3 Å². The monoisotopic (exact) mass is 294 g/mol. The predicted octanol–water partition coefficient (Wildman–Crippen LogP) is 3.11. The third-order valence-corrected chi connectivity index (χ3v) is 3.98. The number of para-hydroxylation sites is 2. The van der Waals surface area contributed by atoms with Gasteiger partial charge in [-0.3, -0.25) is 0 Å². The van der Waals surface area contributed by atoms with Gasteiger partial charge in [0.15, 0.2) is 17.3 Å². The van der Waals surface area contributed by atoms with Crippen LogP contribution in [0.25, 0.3) is 33.8 Å². The van der Waals surface area contributed by atoms with Crippen molar-refractivity contribution in [1.82, 2.24) is 29.3 Å². The van der Waals surface area contributed by atoms with Crippen molar-refractivity contribution in [1.29, 1.82) is 0 Å². The van der Waals surface area contributed by atoms with Gasteiger partial charge in [0, 0.05) is 13.6 Å². The lowest BCUT2D eigenvalue weighted by molar-refractivity contribution is 0.649. The largest absolute Gasteiger partial charge is 0.333 e. The van der Waals surface area contributed by atoms with Gasteiger partial charge in [0.1, 0.15) is 5.52 Å². The molecule has 3 aromatic heterocycles. The molecule has 4 rings (SSSR count). The van der Waals surface area contributed by atoms with Crippen molar-refractivity contribution >= 4 is 22.2 Å². The van der Waals surface area contributed by atoms with Gasteiger partial charge in [-0.05, 0) is 18.6 Å². The molecule has 0 aliphatic heterocycles. The highest BCUT2D eigenvalue weighted by Gasteiger charge is 2.16. The van der Waals surface area contributed by atoms with Gasteiger partial charge in [0.25, 0.3) is 0 Å². The Morgan fingerprint density at radius 1 is 1.18 bits per heavy atom. The van der Waals surface area contributed by atoms with E-state index in [1.165, 1.54) is 0 Å². The van der Waals surface area contributed by atoms with Crippen molar-refractivity contribution in [3.05, 3.63) is 30.5 Å². The molecule has 1 aromatic carbocycles. The fourth-order valence-corrected chi connectivity index (χ4v) is 2.82. The number of imidazole rings is 2. The molecule has 0 radical (unpaired) electrons. The number of hydrogen-bond acceptors (Lipinski definition) is 3. The van der Waals surface area contributed by atoms with Gasteiger partial charge in [0.05, 0.1) is 17.2 Å². The highest BCUT2D eigenvalue weighted by molar-refractivity contribution is 5.81. The number of unbranched alkanes of at least 4 members (excludes halogenated alkanes) is 1. The first-order chi connectivity index (χ1) is 10.8. The number of fused-ring (bicyclic) bond motifs is 2. The minimum atomic E-state index is 0.801. The summed E-state index contributed by atoms with van der Waals surface area (Å²) >= 11 is 0. The second-order valence-corrected chi connectivity index (χ2v) is 5.52. The Morgan fingerprint density at radius 3 is 2.86 bits per heavy atom. The molecule has 0 aliphatic carbocycles. The Hall–Kier alpha value is -2.63. The maximum Gasteiger partial charge on any atom is 0.177 e. The molecule has 0 bridgehead atoms. The lowest BCUT2D eigenvalue weighted by Crippen LogP contribution is -2.01. The molecule has 0 amide bonds. The fourth-order valence-electron chi connectivity index (χ4n) is 2.82. The number of H-pyrrole nitrogens is 1. The van der Waals surface area contributed by atoms with Crippen LogP contribution < -0.4 is 0 Å². The van der Waals surface area contributed by atoms with Gasteiger partial charge in [-0.1, -0.05) is 25.5 Å². The van der Waals surface area contributed by atoms with Gasteiger partial charge < -0.3 is 9.55 Å². The average molecular weight is 294 g/mol. The minimum absolute atomic E-state index is 0.801. The van der Waals surface area contributed by atoms with Gasteiger partial charge in [-0.2, -0.15) is 5.10 Å². The normalized spacial score (nSPS) is 11.7. The van der Waals surface area contributed by atoms with Gasteiger partial charge in [0.2, 0.25) is 0 Å². The number of hydrogen-bond donors (Lipinski definition) is 1. The molecule has 0 saturated carbocycles. The molecule has 6 heteroatoms.